The van der Waals surface area contributed by atoms with Crippen LogP contribution in [0.4, 0.5) is 5.69 Å². The van der Waals surface area contributed by atoms with Crippen LogP contribution in [0.1, 0.15) is 89.7 Å². The maximum atomic E-state index is 12.3. The minimum atomic E-state index is -1.45. The van der Waals surface area contributed by atoms with Gasteiger partial charge in [-0.3, -0.25) is 14.9 Å². The number of carbonyl (C=O) groups is 2. The van der Waals surface area contributed by atoms with Crippen molar-refractivity contribution < 1.29 is 24.4 Å². The van der Waals surface area contributed by atoms with Gasteiger partial charge in [-0.15, -0.1) is 0 Å². The number of nitro benzene ring substituents is 1. The van der Waals surface area contributed by atoms with Crippen molar-refractivity contribution in [2.24, 2.45) is 0 Å². The van der Waals surface area contributed by atoms with Crippen LogP contribution in [0.5, 0.6) is 0 Å². The Morgan fingerprint density at radius 2 is 1.68 bits per heavy atom. The van der Waals surface area contributed by atoms with Crippen molar-refractivity contribution in [3.05, 3.63) is 39.9 Å². The molecular formula is C23H36N2O6. The second kappa shape index (κ2) is 15.3. The molecule has 0 aliphatic carbocycles. The summed E-state index contributed by atoms with van der Waals surface area (Å²) in [4.78, 5) is 35.0. The van der Waals surface area contributed by atoms with Gasteiger partial charge < -0.3 is 15.2 Å². The summed E-state index contributed by atoms with van der Waals surface area (Å²) in [6, 6.07) is 4.04. The van der Waals surface area contributed by atoms with Crippen LogP contribution >= 0.6 is 0 Å². The van der Waals surface area contributed by atoms with Gasteiger partial charge in [0.05, 0.1) is 11.5 Å². The van der Waals surface area contributed by atoms with Crippen molar-refractivity contribution in [2.45, 2.75) is 90.2 Å². The topological polar surface area (TPSA) is 119 Å². The molecular weight excluding hydrogens is 400 g/mol. The standard InChI is InChI=1S/C23H36N2O6/c1-3-5-6-7-8-9-10-11-12-16-20(26)24-21(23(28)31-4-2)22(27)18-14-13-15-19(17-18)25(29)30/h13-15,17,21-22,27H,3-12,16H2,1-2H3,(H,24,26)/t21-,22+/m1/s1. The third-order valence-corrected chi connectivity index (χ3v) is 5.10. The highest BCUT2D eigenvalue weighted by atomic mass is 16.6. The van der Waals surface area contributed by atoms with Crippen molar-refractivity contribution >= 4 is 17.6 Å². The summed E-state index contributed by atoms with van der Waals surface area (Å²) in [5.74, 6) is -1.13. The number of aliphatic hydroxyl groups excluding tert-OH is 1. The number of nitrogens with one attached hydrogen (secondary N) is 1. The number of unbranched alkanes of at least 4 members (excludes halogenated alkanes) is 8. The Bertz CT molecular complexity index is 694. The number of hydrogen-bond acceptors (Lipinski definition) is 6. The maximum absolute atomic E-state index is 12.3. The highest BCUT2D eigenvalue weighted by molar-refractivity contribution is 5.85. The molecule has 1 amide bonds. The lowest BCUT2D eigenvalue weighted by molar-refractivity contribution is -0.385. The van der Waals surface area contributed by atoms with Gasteiger partial charge in [0.1, 0.15) is 6.10 Å². The van der Waals surface area contributed by atoms with Gasteiger partial charge in [-0.2, -0.15) is 0 Å². The molecule has 0 fully saturated rings. The molecule has 8 heteroatoms. The number of benzene rings is 1. The number of aliphatic hydroxyl groups is 1. The third-order valence-electron chi connectivity index (χ3n) is 5.10. The van der Waals surface area contributed by atoms with Gasteiger partial charge >= 0.3 is 5.97 Å². The van der Waals surface area contributed by atoms with Crippen molar-refractivity contribution in [3.63, 3.8) is 0 Å². The number of nitrogens with zero attached hydrogens (tertiary/aromatic N) is 1. The predicted octanol–water partition coefficient (Wildman–Crippen LogP) is 4.60. The van der Waals surface area contributed by atoms with Crippen molar-refractivity contribution in [1.82, 2.24) is 5.32 Å². The highest BCUT2D eigenvalue weighted by Crippen LogP contribution is 2.23. The minimum absolute atomic E-state index is 0.0884. The number of hydrogen-bond donors (Lipinski definition) is 2. The van der Waals surface area contributed by atoms with Gasteiger partial charge in [0.15, 0.2) is 6.04 Å². The van der Waals surface area contributed by atoms with E-state index in [2.05, 4.69) is 12.2 Å². The van der Waals surface area contributed by atoms with Crippen LogP contribution in [-0.4, -0.2) is 34.6 Å². The first-order valence-electron chi connectivity index (χ1n) is 11.3. The van der Waals surface area contributed by atoms with Crippen LogP contribution in [0.15, 0.2) is 24.3 Å². The average molecular weight is 437 g/mol. The Morgan fingerprint density at radius 3 is 2.26 bits per heavy atom. The normalized spacial score (nSPS) is 12.7. The zero-order valence-corrected chi connectivity index (χ0v) is 18.7. The maximum Gasteiger partial charge on any atom is 0.331 e. The molecule has 1 aromatic rings. The predicted molar refractivity (Wildman–Crippen MR) is 118 cm³/mol. The fourth-order valence-electron chi connectivity index (χ4n) is 3.36. The number of rotatable bonds is 16. The molecule has 0 bridgehead atoms. The fraction of sp³-hybridized carbons (Fsp3) is 0.652. The highest BCUT2D eigenvalue weighted by Gasteiger charge is 2.31. The molecule has 0 heterocycles. The molecule has 2 N–H and O–H groups in total. The lowest BCUT2D eigenvalue weighted by atomic mass is 10.0. The smallest absolute Gasteiger partial charge is 0.331 e. The molecule has 174 valence electrons. The number of amides is 1. The SMILES string of the molecule is CCCCCCCCCCCC(=O)N[C@@H](C(=O)OCC)[C@@H](O)c1cccc([N+](=O)[O-])c1. The minimum Gasteiger partial charge on any atom is -0.464 e. The van der Waals surface area contributed by atoms with E-state index in [0.29, 0.717) is 6.42 Å². The summed E-state index contributed by atoms with van der Waals surface area (Å²) in [5.41, 5.74) is -0.0456. The van der Waals surface area contributed by atoms with Gasteiger partial charge in [0.2, 0.25) is 5.91 Å². The van der Waals surface area contributed by atoms with Gasteiger partial charge in [-0.1, -0.05) is 70.4 Å². The Hall–Kier alpha value is -2.48. The van der Waals surface area contributed by atoms with E-state index < -0.39 is 23.0 Å². The second-order valence-corrected chi connectivity index (χ2v) is 7.67. The first-order chi connectivity index (χ1) is 14.9. The molecule has 0 aromatic heterocycles. The number of esters is 1. The number of carbonyl (C=O) groups excluding carboxylic acids is 2. The Labute approximate surface area is 184 Å². The van der Waals surface area contributed by atoms with Crippen LogP contribution in [0, 0.1) is 10.1 Å². The van der Waals surface area contributed by atoms with Crippen molar-refractivity contribution in [1.29, 1.82) is 0 Å². The first-order valence-corrected chi connectivity index (χ1v) is 11.3. The number of non-ortho nitro benzene ring substituents is 1. The molecule has 1 aromatic carbocycles. The quantitative estimate of drug-likeness (QED) is 0.169. The van der Waals surface area contributed by atoms with E-state index in [4.69, 9.17) is 4.74 Å². The molecule has 0 unspecified atom stereocenters. The Kier molecular flexibility index (Phi) is 13.1. The van der Waals surface area contributed by atoms with Crippen LogP contribution in [-0.2, 0) is 14.3 Å². The van der Waals surface area contributed by atoms with E-state index in [-0.39, 0.29) is 30.2 Å². The van der Waals surface area contributed by atoms with Gasteiger partial charge in [-0.05, 0) is 18.9 Å². The lowest BCUT2D eigenvalue weighted by Gasteiger charge is -2.22. The molecule has 8 nitrogen and oxygen atoms in total. The fourth-order valence-corrected chi connectivity index (χ4v) is 3.36. The summed E-state index contributed by atoms with van der Waals surface area (Å²) in [5, 5.41) is 24.1. The van der Waals surface area contributed by atoms with Gasteiger partial charge in [0, 0.05) is 18.6 Å². The molecule has 31 heavy (non-hydrogen) atoms. The van der Waals surface area contributed by atoms with Crippen LogP contribution in [0.2, 0.25) is 0 Å². The molecule has 0 radical (unpaired) electrons. The summed E-state index contributed by atoms with van der Waals surface area (Å²) in [7, 11) is 0. The first kappa shape index (κ1) is 26.6. The van der Waals surface area contributed by atoms with Gasteiger partial charge in [-0.25, -0.2) is 4.79 Å². The zero-order chi connectivity index (χ0) is 23.1. The summed E-state index contributed by atoms with van der Waals surface area (Å²) < 4.78 is 4.98. The van der Waals surface area contributed by atoms with Crippen LogP contribution < -0.4 is 5.32 Å². The largest absolute Gasteiger partial charge is 0.464 e. The molecule has 0 spiro atoms. The Balaban J connectivity index is 2.55. The molecule has 0 aliphatic heterocycles. The van der Waals surface area contributed by atoms with E-state index in [1.54, 1.807) is 6.92 Å². The zero-order valence-electron chi connectivity index (χ0n) is 18.7. The lowest BCUT2D eigenvalue weighted by Crippen LogP contribution is -2.46. The second-order valence-electron chi connectivity index (χ2n) is 7.67. The van der Waals surface area contributed by atoms with Crippen molar-refractivity contribution in [3.8, 4) is 0 Å². The average Bonchev–Trinajstić information content (AvgIpc) is 2.76. The van der Waals surface area contributed by atoms with Crippen LogP contribution in [0.3, 0.4) is 0 Å². The van der Waals surface area contributed by atoms with Crippen molar-refractivity contribution in [2.75, 3.05) is 6.61 Å². The van der Waals surface area contributed by atoms with E-state index in [0.717, 1.165) is 19.3 Å². The molecule has 0 saturated heterocycles. The van der Waals surface area contributed by atoms with E-state index in [9.17, 15) is 24.8 Å². The van der Waals surface area contributed by atoms with Gasteiger partial charge in [0.25, 0.3) is 5.69 Å². The van der Waals surface area contributed by atoms with E-state index in [1.165, 1.54) is 56.4 Å². The van der Waals surface area contributed by atoms with E-state index in [1.807, 2.05) is 0 Å². The summed E-state index contributed by atoms with van der Waals surface area (Å²) in [6.45, 7) is 3.91. The molecule has 0 aliphatic rings. The third kappa shape index (κ3) is 10.4. The molecule has 0 saturated carbocycles. The summed E-state index contributed by atoms with van der Waals surface area (Å²) >= 11 is 0. The van der Waals surface area contributed by atoms with Crippen LogP contribution in [0.25, 0.3) is 0 Å². The molecule has 1 rings (SSSR count). The molecule has 2 atom stereocenters. The van der Waals surface area contributed by atoms with E-state index >= 15 is 0 Å². The summed E-state index contributed by atoms with van der Waals surface area (Å²) in [6.07, 6.45) is 8.90. The monoisotopic (exact) mass is 436 g/mol. The Morgan fingerprint density at radius 1 is 1.06 bits per heavy atom. The number of ether oxygens (including phenoxy) is 1. The number of nitro groups is 1.